The van der Waals surface area contributed by atoms with Crippen LogP contribution in [0.5, 0.6) is 0 Å². The van der Waals surface area contributed by atoms with Gasteiger partial charge < -0.3 is 5.73 Å². The molecule has 6 nitrogen and oxygen atoms in total. The van der Waals surface area contributed by atoms with E-state index in [1.165, 1.54) is 5.56 Å². The molecule has 2 rings (SSSR count). The Labute approximate surface area is 97.2 Å². The van der Waals surface area contributed by atoms with E-state index in [0.717, 1.165) is 16.6 Å². The van der Waals surface area contributed by atoms with Gasteiger partial charge in [-0.05, 0) is 28.1 Å². The van der Waals surface area contributed by atoms with Gasteiger partial charge in [0, 0.05) is 25.5 Å². The van der Waals surface area contributed by atoms with Gasteiger partial charge in [0.05, 0.1) is 5.69 Å². The third-order valence-corrected chi connectivity index (χ3v) is 3.12. The van der Waals surface area contributed by atoms with Crippen molar-refractivity contribution in [3.63, 3.8) is 0 Å². The predicted octanol–water partition coefficient (Wildman–Crippen LogP) is 0.356. The average molecular weight is 236 g/mol. The first-order valence-electron chi connectivity index (χ1n) is 4.78. The fourth-order valence-electron chi connectivity index (χ4n) is 1.22. The molecule has 16 heavy (non-hydrogen) atoms. The summed E-state index contributed by atoms with van der Waals surface area (Å²) in [5, 5.41) is 12.0. The van der Waals surface area contributed by atoms with E-state index in [2.05, 4.69) is 20.5 Å². The van der Waals surface area contributed by atoms with E-state index in [9.17, 15) is 0 Å². The Morgan fingerprint density at radius 1 is 1.50 bits per heavy atom. The van der Waals surface area contributed by atoms with Crippen LogP contribution in [0.15, 0.2) is 23.5 Å². The molecule has 0 unspecified atom stereocenters. The van der Waals surface area contributed by atoms with E-state index in [1.54, 1.807) is 22.6 Å². The highest BCUT2D eigenvalue weighted by Gasteiger charge is 2.03. The second-order valence-corrected chi connectivity index (χ2v) is 4.18. The minimum Gasteiger partial charge on any atom is -0.325 e. The second-order valence-electron chi connectivity index (χ2n) is 3.23. The molecular weight excluding hydrogens is 224 g/mol. The highest BCUT2D eigenvalue weighted by molar-refractivity contribution is 7.98. The van der Waals surface area contributed by atoms with Crippen molar-refractivity contribution >= 4 is 11.8 Å². The smallest absolute Gasteiger partial charge is 0.209 e. The van der Waals surface area contributed by atoms with Crippen molar-refractivity contribution in [2.24, 2.45) is 12.8 Å². The SMILES string of the molecule is Cn1nnnc1SCc1ccnc(CN)c1. The maximum atomic E-state index is 5.53. The van der Waals surface area contributed by atoms with Gasteiger partial charge >= 0.3 is 0 Å². The molecule has 0 saturated heterocycles. The first-order valence-corrected chi connectivity index (χ1v) is 5.77. The first-order chi connectivity index (χ1) is 7.79. The van der Waals surface area contributed by atoms with Crippen LogP contribution in [-0.2, 0) is 19.3 Å². The lowest BCUT2D eigenvalue weighted by Gasteiger charge is -2.01. The topological polar surface area (TPSA) is 82.5 Å². The van der Waals surface area contributed by atoms with Crippen LogP contribution in [0, 0.1) is 0 Å². The molecule has 0 atom stereocenters. The number of hydrogen-bond acceptors (Lipinski definition) is 6. The molecule has 2 aromatic heterocycles. The summed E-state index contributed by atoms with van der Waals surface area (Å²) in [7, 11) is 1.82. The van der Waals surface area contributed by atoms with Gasteiger partial charge in [-0.25, -0.2) is 4.68 Å². The van der Waals surface area contributed by atoms with Crippen LogP contribution in [0.4, 0.5) is 0 Å². The summed E-state index contributed by atoms with van der Waals surface area (Å²) in [6.45, 7) is 0.462. The summed E-state index contributed by atoms with van der Waals surface area (Å²) in [5.41, 5.74) is 7.60. The molecule has 0 amide bonds. The quantitative estimate of drug-likeness (QED) is 0.772. The number of rotatable bonds is 4. The molecule has 2 N–H and O–H groups in total. The van der Waals surface area contributed by atoms with Crippen molar-refractivity contribution in [2.75, 3.05) is 0 Å². The van der Waals surface area contributed by atoms with Crippen LogP contribution in [0.25, 0.3) is 0 Å². The first kappa shape index (κ1) is 11.0. The molecular formula is C9H12N6S. The van der Waals surface area contributed by atoms with E-state index in [4.69, 9.17) is 5.73 Å². The number of aryl methyl sites for hydroxylation is 1. The standard InChI is InChI=1S/C9H12N6S/c1-15-9(12-13-14-15)16-6-7-2-3-11-8(4-7)5-10/h2-4H,5-6,10H2,1H3. The maximum Gasteiger partial charge on any atom is 0.209 e. The Morgan fingerprint density at radius 2 is 2.38 bits per heavy atom. The van der Waals surface area contributed by atoms with Crippen molar-refractivity contribution in [1.29, 1.82) is 0 Å². The molecule has 2 aromatic rings. The van der Waals surface area contributed by atoms with Gasteiger partial charge in [-0.15, -0.1) is 5.10 Å². The summed E-state index contributed by atoms with van der Waals surface area (Å²) in [6, 6.07) is 3.97. The van der Waals surface area contributed by atoms with Crippen LogP contribution in [0.1, 0.15) is 11.3 Å². The lowest BCUT2D eigenvalue weighted by Crippen LogP contribution is -2.00. The summed E-state index contributed by atoms with van der Waals surface area (Å²) in [4.78, 5) is 4.14. The van der Waals surface area contributed by atoms with Gasteiger partial charge in [-0.2, -0.15) is 0 Å². The Morgan fingerprint density at radius 3 is 3.06 bits per heavy atom. The third kappa shape index (κ3) is 2.56. The molecule has 0 aromatic carbocycles. The monoisotopic (exact) mass is 236 g/mol. The molecule has 0 aliphatic rings. The Bertz CT molecular complexity index is 469. The molecule has 84 valence electrons. The van der Waals surface area contributed by atoms with Gasteiger partial charge in [0.1, 0.15) is 0 Å². The van der Waals surface area contributed by atoms with E-state index in [1.807, 2.05) is 19.2 Å². The molecule has 2 heterocycles. The second kappa shape index (κ2) is 5.04. The molecule has 0 bridgehead atoms. The normalized spacial score (nSPS) is 10.6. The number of tetrazole rings is 1. The van der Waals surface area contributed by atoms with E-state index in [0.29, 0.717) is 6.54 Å². The number of aromatic nitrogens is 5. The number of nitrogens with zero attached hydrogens (tertiary/aromatic N) is 5. The third-order valence-electron chi connectivity index (χ3n) is 2.04. The number of pyridine rings is 1. The fraction of sp³-hybridized carbons (Fsp3) is 0.333. The van der Waals surface area contributed by atoms with E-state index < -0.39 is 0 Å². The van der Waals surface area contributed by atoms with Gasteiger partial charge in [0.25, 0.3) is 0 Å². The molecule has 0 aliphatic heterocycles. The zero-order chi connectivity index (χ0) is 11.4. The zero-order valence-corrected chi connectivity index (χ0v) is 9.68. The average Bonchev–Trinajstić information content (AvgIpc) is 2.72. The van der Waals surface area contributed by atoms with Gasteiger partial charge in [0.15, 0.2) is 0 Å². The van der Waals surface area contributed by atoms with Crippen LogP contribution in [0.3, 0.4) is 0 Å². The molecule has 0 saturated carbocycles. The van der Waals surface area contributed by atoms with Crippen LogP contribution >= 0.6 is 11.8 Å². The molecule has 7 heteroatoms. The van der Waals surface area contributed by atoms with Crippen LogP contribution in [-0.4, -0.2) is 25.2 Å². The highest BCUT2D eigenvalue weighted by Crippen LogP contribution is 2.19. The molecule has 0 spiro atoms. The maximum absolute atomic E-state index is 5.53. The Hall–Kier alpha value is -1.47. The summed E-state index contributed by atoms with van der Waals surface area (Å²) >= 11 is 1.58. The van der Waals surface area contributed by atoms with Crippen LogP contribution < -0.4 is 5.73 Å². The lowest BCUT2D eigenvalue weighted by atomic mass is 10.2. The fourth-order valence-corrected chi connectivity index (χ4v) is 2.01. The van der Waals surface area contributed by atoms with Crippen molar-refractivity contribution in [2.45, 2.75) is 17.5 Å². The van der Waals surface area contributed by atoms with Crippen LogP contribution in [0.2, 0.25) is 0 Å². The summed E-state index contributed by atoms with van der Waals surface area (Å²) in [6.07, 6.45) is 1.77. The van der Waals surface area contributed by atoms with E-state index in [-0.39, 0.29) is 0 Å². The minimum absolute atomic E-state index is 0.462. The highest BCUT2D eigenvalue weighted by atomic mass is 32.2. The van der Waals surface area contributed by atoms with E-state index >= 15 is 0 Å². The minimum atomic E-state index is 0.462. The van der Waals surface area contributed by atoms with Gasteiger partial charge in [0.2, 0.25) is 5.16 Å². The van der Waals surface area contributed by atoms with Gasteiger partial charge in [-0.1, -0.05) is 11.8 Å². The number of thioether (sulfide) groups is 1. The number of nitrogens with two attached hydrogens (primary N) is 1. The van der Waals surface area contributed by atoms with Crippen molar-refractivity contribution in [3.05, 3.63) is 29.6 Å². The van der Waals surface area contributed by atoms with Crippen molar-refractivity contribution < 1.29 is 0 Å². The predicted molar refractivity (Wildman–Crippen MR) is 60.5 cm³/mol. The Balaban J connectivity index is 2.02. The summed E-state index contributed by atoms with van der Waals surface area (Å²) in [5.74, 6) is 0.809. The largest absolute Gasteiger partial charge is 0.325 e. The lowest BCUT2D eigenvalue weighted by molar-refractivity contribution is 0.664. The van der Waals surface area contributed by atoms with Crippen molar-refractivity contribution in [1.82, 2.24) is 25.2 Å². The molecule has 0 fully saturated rings. The molecule has 0 aliphatic carbocycles. The summed E-state index contributed by atoms with van der Waals surface area (Å²) < 4.78 is 1.65. The van der Waals surface area contributed by atoms with Gasteiger partial charge in [-0.3, -0.25) is 4.98 Å². The van der Waals surface area contributed by atoms with Crippen molar-refractivity contribution in [3.8, 4) is 0 Å². The Kier molecular flexibility index (Phi) is 3.47. The molecule has 0 radical (unpaired) electrons. The number of hydrogen-bond donors (Lipinski definition) is 1. The zero-order valence-electron chi connectivity index (χ0n) is 8.87.